The molecule has 2 aliphatic rings. The van der Waals surface area contributed by atoms with Gasteiger partial charge in [0.25, 0.3) is 0 Å². The van der Waals surface area contributed by atoms with Crippen molar-refractivity contribution in [1.82, 2.24) is 4.90 Å². The molecule has 0 N–H and O–H groups in total. The van der Waals surface area contributed by atoms with E-state index < -0.39 is 41.3 Å². The van der Waals surface area contributed by atoms with E-state index in [0.29, 0.717) is 0 Å². The number of carbonyl (C=O) groups is 2. The molecule has 2 fully saturated rings. The fourth-order valence-corrected chi connectivity index (χ4v) is 3.29. The van der Waals surface area contributed by atoms with Gasteiger partial charge in [0.05, 0.1) is 18.1 Å². The van der Waals surface area contributed by atoms with Crippen LogP contribution >= 0.6 is 0 Å². The minimum atomic E-state index is -0.936. The molecular weight excluding hydrogens is 380 g/mol. The molecule has 1 amide bonds. The summed E-state index contributed by atoms with van der Waals surface area (Å²) in [7, 11) is 0. The second-order valence-corrected chi connectivity index (χ2v) is 9.92. The van der Waals surface area contributed by atoms with Crippen LogP contribution in [0.25, 0.3) is 10.4 Å². The predicted molar refractivity (Wildman–Crippen MR) is 104 cm³/mol. The predicted octanol–water partition coefficient (Wildman–Crippen LogP) is 3.60. The van der Waals surface area contributed by atoms with Crippen LogP contribution < -0.4 is 0 Å². The quantitative estimate of drug-likeness (QED) is 0.302. The molecule has 0 bridgehead atoms. The SMILES string of the molecule is CC(C)(C)OC(=O)N1C[C@H](COC(=O)C(C)(C)C)[C@@H]2OC(C)(C)O[C@@H]2[C@H]1N=[N+]=[N-]. The van der Waals surface area contributed by atoms with Gasteiger partial charge < -0.3 is 18.9 Å². The van der Waals surface area contributed by atoms with Gasteiger partial charge >= 0.3 is 12.1 Å². The van der Waals surface area contributed by atoms with Crippen LogP contribution in [-0.2, 0) is 23.7 Å². The molecule has 0 aromatic carbocycles. The van der Waals surface area contributed by atoms with Crippen LogP contribution in [0.3, 0.4) is 0 Å². The lowest BCUT2D eigenvalue weighted by Gasteiger charge is -2.43. The smallest absolute Gasteiger partial charge is 0.410 e. The van der Waals surface area contributed by atoms with Crippen molar-refractivity contribution in [3.05, 3.63) is 10.4 Å². The van der Waals surface area contributed by atoms with Crippen molar-refractivity contribution in [3.8, 4) is 0 Å². The number of ether oxygens (including phenoxy) is 4. The highest BCUT2D eigenvalue weighted by atomic mass is 16.8. The van der Waals surface area contributed by atoms with Crippen molar-refractivity contribution in [2.75, 3.05) is 13.2 Å². The summed E-state index contributed by atoms with van der Waals surface area (Å²) in [6.45, 7) is 14.2. The van der Waals surface area contributed by atoms with Gasteiger partial charge in [-0.1, -0.05) is 5.11 Å². The molecule has 2 aliphatic heterocycles. The van der Waals surface area contributed by atoms with Gasteiger partial charge in [-0.2, -0.15) is 0 Å². The van der Waals surface area contributed by atoms with Gasteiger partial charge in [-0.3, -0.25) is 9.69 Å². The van der Waals surface area contributed by atoms with Crippen LogP contribution in [0.2, 0.25) is 0 Å². The van der Waals surface area contributed by atoms with Gasteiger partial charge in [0.15, 0.2) is 5.79 Å². The zero-order valence-corrected chi connectivity index (χ0v) is 18.5. The third-order valence-electron chi connectivity index (χ3n) is 4.51. The van der Waals surface area contributed by atoms with Gasteiger partial charge in [0.2, 0.25) is 0 Å². The summed E-state index contributed by atoms with van der Waals surface area (Å²) in [5, 5.41) is 3.79. The molecule has 0 saturated carbocycles. The summed E-state index contributed by atoms with van der Waals surface area (Å²) in [6.07, 6.45) is -2.78. The molecule has 2 saturated heterocycles. The number of hydrogen-bond acceptors (Lipinski definition) is 7. The second kappa shape index (κ2) is 8.01. The molecule has 164 valence electrons. The standard InChI is InChI=1S/C19H32N4O6/c1-17(2,3)15(24)26-10-11-9-23(16(25)29-18(4,5)6)14(21-22-20)13-12(11)27-19(7,8)28-13/h11-14H,9-10H2,1-8H3/t11-,12+,13+,14+/m1/s1. The first-order valence-electron chi connectivity index (χ1n) is 9.71. The van der Waals surface area contributed by atoms with Crippen molar-refractivity contribution in [2.45, 2.75) is 85.2 Å². The Balaban J connectivity index is 2.30. The van der Waals surface area contributed by atoms with Crippen molar-refractivity contribution < 1.29 is 28.5 Å². The van der Waals surface area contributed by atoms with Crippen molar-refractivity contribution in [3.63, 3.8) is 0 Å². The molecule has 0 aliphatic carbocycles. The molecule has 0 unspecified atom stereocenters. The summed E-state index contributed by atoms with van der Waals surface area (Å²) in [5.74, 6) is -1.66. The van der Waals surface area contributed by atoms with Crippen LogP contribution in [-0.4, -0.2) is 59.9 Å². The fraction of sp³-hybridized carbons (Fsp3) is 0.895. The molecule has 2 heterocycles. The molecule has 10 heteroatoms. The highest BCUT2D eigenvalue weighted by Gasteiger charge is 2.55. The van der Waals surface area contributed by atoms with Crippen LogP contribution in [0.1, 0.15) is 55.4 Å². The topological polar surface area (TPSA) is 123 Å². The number of hydrogen-bond donors (Lipinski definition) is 0. The first-order valence-corrected chi connectivity index (χ1v) is 9.71. The number of azide groups is 1. The Bertz CT molecular complexity index is 690. The lowest BCUT2D eigenvalue weighted by molar-refractivity contribution is -0.160. The van der Waals surface area contributed by atoms with E-state index in [9.17, 15) is 9.59 Å². The van der Waals surface area contributed by atoms with Crippen LogP contribution in [0.5, 0.6) is 0 Å². The minimum Gasteiger partial charge on any atom is -0.465 e. The molecule has 4 atom stereocenters. The maximum absolute atomic E-state index is 12.8. The summed E-state index contributed by atoms with van der Waals surface area (Å²) in [5.41, 5.74) is 7.67. The Labute approximate surface area is 171 Å². The number of esters is 1. The monoisotopic (exact) mass is 412 g/mol. The number of amides is 1. The lowest BCUT2D eigenvalue weighted by atomic mass is 9.91. The Morgan fingerprint density at radius 1 is 1.17 bits per heavy atom. The third-order valence-corrected chi connectivity index (χ3v) is 4.51. The van der Waals surface area contributed by atoms with Crippen LogP contribution in [0.15, 0.2) is 5.11 Å². The highest BCUT2D eigenvalue weighted by Crippen LogP contribution is 2.40. The van der Waals surface area contributed by atoms with Gasteiger partial charge in [-0.05, 0) is 60.9 Å². The van der Waals surface area contributed by atoms with Crippen molar-refractivity contribution in [1.29, 1.82) is 0 Å². The maximum atomic E-state index is 12.8. The van der Waals surface area contributed by atoms with Gasteiger partial charge in [0.1, 0.15) is 17.9 Å². The van der Waals surface area contributed by atoms with Gasteiger partial charge in [0, 0.05) is 17.4 Å². The summed E-state index contributed by atoms with van der Waals surface area (Å²) in [6, 6.07) is 0. The van der Waals surface area contributed by atoms with Crippen molar-refractivity contribution in [2.24, 2.45) is 16.4 Å². The molecule has 0 spiro atoms. The Morgan fingerprint density at radius 3 is 2.28 bits per heavy atom. The summed E-state index contributed by atoms with van der Waals surface area (Å²) in [4.78, 5) is 29.2. The van der Waals surface area contributed by atoms with Crippen LogP contribution in [0.4, 0.5) is 4.79 Å². The number of nitrogens with zero attached hydrogens (tertiary/aromatic N) is 4. The molecular formula is C19H32N4O6. The van der Waals surface area contributed by atoms with E-state index in [1.807, 2.05) is 0 Å². The first-order chi connectivity index (χ1) is 13.1. The molecule has 0 radical (unpaired) electrons. The highest BCUT2D eigenvalue weighted by molar-refractivity contribution is 5.75. The molecule has 0 aromatic rings. The fourth-order valence-electron chi connectivity index (χ4n) is 3.29. The Morgan fingerprint density at radius 2 is 1.76 bits per heavy atom. The van der Waals surface area contributed by atoms with E-state index in [1.165, 1.54) is 4.90 Å². The summed E-state index contributed by atoms with van der Waals surface area (Å²) >= 11 is 0. The van der Waals surface area contributed by atoms with E-state index in [4.69, 9.17) is 24.5 Å². The maximum Gasteiger partial charge on any atom is 0.410 e. The first kappa shape index (κ1) is 23.3. The lowest BCUT2D eigenvalue weighted by Crippen LogP contribution is -2.60. The van der Waals surface area contributed by atoms with E-state index in [2.05, 4.69) is 10.0 Å². The van der Waals surface area contributed by atoms with E-state index in [1.54, 1.807) is 55.4 Å². The average Bonchev–Trinajstić information content (AvgIpc) is 2.86. The Kier molecular flexibility index (Phi) is 6.42. The number of fused-ring (bicyclic) bond motifs is 1. The number of piperidine rings is 1. The number of rotatable bonds is 3. The average molecular weight is 412 g/mol. The zero-order valence-electron chi connectivity index (χ0n) is 18.5. The third kappa shape index (κ3) is 5.74. The number of likely N-dealkylation sites (tertiary alicyclic amines) is 1. The molecule has 10 nitrogen and oxygen atoms in total. The zero-order chi connectivity index (χ0) is 22.2. The molecule has 2 rings (SSSR count). The van der Waals surface area contributed by atoms with E-state index >= 15 is 0 Å². The Hall–Kier alpha value is -2.03. The van der Waals surface area contributed by atoms with Crippen molar-refractivity contribution >= 4 is 12.1 Å². The molecule has 0 aromatic heterocycles. The largest absolute Gasteiger partial charge is 0.465 e. The number of carbonyl (C=O) groups excluding carboxylic acids is 2. The van der Waals surface area contributed by atoms with E-state index in [0.717, 1.165) is 0 Å². The van der Waals surface area contributed by atoms with Gasteiger partial charge in [-0.25, -0.2) is 4.79 Å². The molecule has 29 heavy (non-hydrogen) atoms. The normalized spacial score (nSPS) is 28.9. The minimum absolute atomic E-state index is 0.0407. The van der Waals surface area contributed by atoms with E-state index in [-0.39, 0.29) is 25.0 Å². The summed E-state index contributed by atoms with van der Waals surface area (Å²) < 4.78 is 22.9. The van der Waals surface area contributed by atoms with Crippen LogP contribution in [0, 0.1) is 11.3 Å². The second-order valence-electron chi connectivity index (χ2n) is 9.92. The van der Waals surface area contributed by atoms with Gasteiger partial charge in [-0.15, -0.1) is 0 Å².